The van der Waals surface area contributed by atoms with E-state index in [4.69, 9.17) is 33.2 Å². The van der Waals surface area contributed by atoms with Crippen molar-refractivity contribution in [1.82, 2.24) is 0 Å². The Labute approximate surface area is 94.8 Å². The fourth-order valence-electron chi connectivity index (χ4n) is 1.26. The van der Waals surface area contributed by atoms with Crippen LogP contribution in [-0.2, 0) is 0 Å². The van der Waals surface area contributed by atoms with Crippen molar-refractivity contribution >= 4 is 57.2 Å². The minimum Gasteiger partial charge on any atom is -0.423 e. The molecule has 0 spiro atoms. The van der Waals surface area contributed by atoms with Crippen LogP contribution in [0.1, 0.15) is 0 Å². The topological polar surface area (TPSA) is 40.5 Å². The highest BCUT2D eigenvalue weighted by molar-refractivity contribution is 7.22. The van der Waals surface area contributed by atoms with Crippen LogP contribution in [0.15, 0.2) is 18.2 Å². The molecule has 72 valence electrons. The van der Waals surface area contributed by atoms with E-state index in [0.29, 0.717) is 14.8 Å². The van der Waals surface area contributed by atoms with Crippen molar-refractivity contribution in [3.8, 4) is 0 Å². The highest BCUT2D eigenvalue weighted by Gasteiger charge is 2.17. The predicted molar refractivity (Wildman–Crippen MR) is 61.7 cm³/mol. The second kappa shape index (κ2) is 3.72. The maximum Gasteiger partial charge on any atom is 0.489 e. The molecule has 0 saturated heterocycles. The Morgan fingerprint density at radius 2 is 1.93 bits per heavy atom. The summed E-state index contributed by atoms with van der Waals surface area (Å²) in [5.74, 6) is 0. The average Bonchev–Trinajstić information content (AvgIpc) is 2.46. The molecule has 2 aromatic rings. The summed E-state index contributed by atoms with van der Waals surface area (Å²) in [6.45, 7) is 0. The number of hydrogen-bond donors (Lipinski definition) is 2. The van der Waals surface area contributed by atoms with Crippen LogP contribution in [0.2, 0.25) is 9.36 Å². The molecule has 0 aliphatic rings. The molecule has 0 radical (unpaired) electrons. The Balaban J connectivity index is 2.74. The van der Waals surface area contributed by atoms with Crippen LogP contribution in [0, 0.1) is 0 Å². The lowest BCUT2D eigenvalue weighted by atomic mass is 9.80. The third-order valence-electron chi connectivity index (χ3n) is 1.91. The van der Waals surface area contributed by atoms with Gasteiger partial charge in [0.2, 0.25) is 0 Å². The monoisotopic (exact) mass is 246 g/mol. The number of fused-ring (bicyclic) bond motifs is 1. The first-order valence-electron chi connectivity index (χ1n) is 3.83. The third-order valence-corrected chi connectivity index (χ3v) is 3.56. The fourth-order valence-corrected chi connectivity index (χ4v) is 2.79. The standard InChI is InChI=1S/C8H5BCl2O2S/c10-7-3-4-6(14-7)2-1-5(8(4)11)9(12)13/h1-3,12-13H. The Hall–Kier alpha value is -0.255. The lowest BCUT2D eigenvalue weighted by Gasteiger charge is -2.02. The molecule has 1 aromatic carbocycles. The molecule has 2 N–H and O–H groups in total. The molecule has 0 saturated carbocycles. The summed E-state index contributed by atoms with van der Waals surface area (Å²) in [5.41, 5.74) is 0.300. The van der Waals surface area contributed by atoms with Crippen LogP contribution < -0.4 is 5.46 Å². The van der Waals surface area contributed by atoms with E-state index in [0.717, 1.165) is 10.1 Å². The highest BCUT2D eigenvalue weighted by atomic mass is 35.5. The molecule has 14 heavy (non-hydrogen) atoms. The van der Waals surface area contributed by atoms with Gasteiger partial charge in [0.25, 0.3) is 0 Å². The highest BCUT2D eigenvalue weighted by Crippen LogP contribution is 2.32. The van der Waals surface area contributed by atoms with Gasteiger partial charge in [0.15, 0.2) is 0 Å². The van der Waals surface area contributed by atoms with Gasteiger partial charge in [-0.1, -0.05) is 29.3 Å². The van der Waals surface area contributed by atoms with Gasteiger partial charge >= 0.3 is 7.12 Å². The van der Waals surface area contributed by atoms with Gasteiger partial charge in [-0.15, -0.1) is 11.3 Å². The third kappa shape index (κ3) is 1.64. The molecule has 0 aliphatic heterocycles. The van der Waals surface area contributed by atoms with Gasteiger partial charge in [-0.25, -0.2) is 0 Å². The molecular weight excluding hydrogens is 242 g/mol. The Kier molecular flexibility index (Phi) is 2.73. The molecule has 0 aliphatic carbocycles. The first kappa shape index (κ1) is 10.3. The largest absolute Gasteiger partial charge is 0.489 e. The molecular formula is C8H5BCl2O2S. The molecule has 6 heteroatoms. The summed E-state index contributed by atoms with van der Waals surface area (Å²) < 4.78 is 1.57. The van der Waals surface area contributed by atoms with Gasteiger partial charge in [-0.05, 0) is 12.1 Å². The van der Waals surface area contributed by atoms with Crippen LogP contribution in [0.25, 0.3) is 10.1 Å². The van der Waals surface area contributed by atoms with E-state index >= 15 is 0 Å². The van der Waals surface area contributed by atoms with Crippen molar-refractivity contribution < 1.29 is 10.0 Å². The van der Waals surface area contributed by atoms with Crippen molar-refractivity contribution in [2.45, 2.75) is 0 Å². The summed E-state index contributed by atoms with van der Waals surface area (Å²) in [7, 11) is -1.55. The van der Waals surface area contributed by atoms with Crippen LogP contribution in [0.4, 0.5) is 0 Å². The van der Waals surface area contributed by atoms with Crippen LogP contribution in [0.5, 0.6) is 0 Å². The first-order valence-corrected chi connectivity index (χ1v) is 5.40. The van der Waals surface area contributed by atoms with Crippen molar-refractivity contribution in [3.63, 3.8) is 0 Å². The van der Waals surface area contributed by atoms with Crippen LogP contribution >= 0.6 is 34.5 Å². The second-order valence-corrected chi connectivity index (χ2v) is 4.90. The zero-order valence-corrected chi connectivity index (χ0v) is 9.20. The molecule has 0 fully saturated rings. The SMILES string of the molecule is OB(O)c1ccc2sc(Cl)cc2c1Cl. The summed E-state index contributed by atoms with van der Waals surface area (Å²) in [5, 5.41) is 19.1. The molecule has 1 aromatic heterocycles. The Morgan fingerprint density at radius 1 is 1.21 bits per heavy atom. The van der Waals surface area contributed by atoms with Gasteiger partial charge in [0.05, 0.1) is 4.34 Å². The second-order valence-electron chi connectivity index (χ2n) is 2.80. The van der Waals surface area contributed by atoms with Gasteiger partial charge in [0, 0.05) is 20.6 Å². The zero-order valence-electron chi connectivity index (χ0n) is 6.87. The van der Waals surface area contributed by atoms with E-state index in [2.05, 4.69) is 0 Å². The number of thiophene rings is 1. The lowest BCUT2D eigenvalue weighted by molar-refractivity contribution is 0.426. The predicted octanol–water partition coefficient (Wildman–Crippen LogP) is 1.89. The Bertz CT molecular complexity index is 483. The van der Waals surface area contributed by atoms with E-state index in [-0.39, 0.29) is 0 Å². The van der Waals surface area contributed by atoms with E-state index in [1.807, 2.05) is 0 Å². The zero-order chi connectivity index (χ0) is 10.3. The van der Waals surface area contributed by atoms with Crippen molar-refractivity contribution in [1.29, 1.82) is 0 Å². The molecule has 0 unspecified atom stereocenters. The van der Waals surface area contributed by atoms with Gasteiger partial charge in [-0.2, -0.15) is 0 Å². The van der Waals surface area contributed by atoms with E-state index in [1.54, 1.807) is 18.2 Å². The van der Waals surface area contributed by atoms with Crippen molar-refractivity contribution in [3.05, 3.63) is 27.6 Å². The Morgan fingerprint density at radius 3 is 2.57 bits per heavy atom. The summed E-state index contributed by atoms with van der Waals surface area (Å²) in [6, 6.07) is 5.07. The number of benzene rings is 1. The maximum absolute atomic E-state index is 9.01. The summed E-state index contributed by atoms with van der Waals surface area (Å²) >= 11 is 13.2. The minimum absolute atomic E-state index is 0.300. The van der Waals surface area contributed by atoms with Crippen LogP contribution in [0.3, 0.4) is 0 Å². The average molecular weight is 247 g/mol. The first-order chi connectivity index (χ1) is 6.59. The van der Waals surface area contributed by atoms with E-state index in [1.165, 1.54) is 11.3 Å². The van der Waals surface area contributed by atoms with Crippen molar-refractivity contribution in [2.24, 2.45) is 0 Å². The number of halogens is 2. The quantitative estimate of drug-likeness (QED) is 0.755. The summed E-state index contributed by atoms with van der Waals surface area (Å²) in [6.07, 6.45) is 0. The van der Waals surface area contributed by atoms with Gasteiger partial charge in [-0.3, -0.25) is 0 Å². The molecule has 2 rings (SSSR count). The minimum atomic E-state index is -1.55. The maximum atomic E-state index is 9.01. The molecule has 1 heterocycles. The summed E-state index contributed by atoms with van der Waals surface area (Å²) in [4.78, 5) is 0. The van der Waals surface area contributed by atoms with Gasteiger partial charge in [0.1, 0.15) is 0 Å². The van der Waals surface area contributed by atoms with Crippen molar-refractivity contribution in [2.75, 3.05) is 0 Å². The van der Waals surface area contributed by atoms with E-state index < -0.39 is 7.12 Å². The molecule has 2 nitrogen and oxygen atoms in total. The molecule has 0 bridgehead atoms. The van der Waals surface area contributed by atoms with Crippen LogP contribution in [-0.4, -0.2) is 17.2 Å². The fraction of sp³-hybridized carbons (Fsp3) is 0. The van der Waals surface area contributed by atoms with Gasteiger partial charge < -0.3 is 10.0 Å². The molecule has 0 atom stereocenters. The number of rotatable bonds is 1. The smallest absolute Gasteiger partial charge is 0.423 e. The normalized spacial score (nSPS) is 10.9. The number of hydrogen-bond acceptors (Lipinski definition) is 3. The van der Waals surface area contributed by atoms with E-state index in [9.17, 15) is 0 Å². The lowest BCUT2D eigenvalue weighted by Crippen LogP contribution is -2.30. The molecule has 0 amide bonds.